The molecule has 0 fully saturated rings. The highest BCUT2D eigenvalue weighted by molar-refractivity contribution is 9.10. The molecule has 0 aromatic heterocycles. The van der Waals surface area contributed by atoms with Gasteiger partial charge in [0, 0.05) is 16.7 Å². The molecule has 0 aliphatic carbocycles. The topological polar surface area (TPSA) is 29.3 Å². The summed E-state index contributed by atoms with van der Waals surface area (Å²) < 4.78 is 0.975. The molecule has 0 heterocycles. The van der Waals surface area contributed by atoms with E-state index in [-0.39, 0.29) is 0 Å². The van der Waals surface area contributed by atoms with Gasteiger partial charge in [0.05, 0.1) is 0 Å². The predicted molar refractivity (Wildman–Crippen MR) is 69.8 cm³/mol. The summed E-state index contributed by atoms with van der Waals surface area (Å²) in [6.07, 6.45) is 2.50. The van der Waals surface area contributed by atoms with Gasteiger partial charge in [0.25, 0.3) is 0 Å². The van der Waals surface area contributed by atoms with Gasteiger partial charge in [-0.15, -0.1) is 0 Å². The van der Waals surface area contributed by atoms with Crippen molar-refractivity contribution in [3.05, 3.63) is 28.2 Å². The molecule has 0 amide bonds. The average Bonchev–Trinajstić information content (AvgIpc) is 2.20. The van der Waals surface area contributed by atoms with Gasteiger partial charge in [-0.2, -0.15) is 0 Å². The van der Waals surface area contributed by atoms with E-state index in [9.17, 15) is 0 Å². The fourth-order valence-corrected chi connectivity index (χ4v) is 1.76. The summed E-state index contributed by atoms with van der Waals surface area (Å²) in [5, 5.41) is 0. The average molecular weight is 271 g/mol. The quantitative estimate of drug-likeness (QED) is 0.833. The largest absolute Gasteiger partial charge is 0.398 e. The third-order valence-electron chi connectivity index (χ3n) is 2.41. The summed E-state index contributed by atoms with van der Waals surface area (Å²) in [6, 6.07) is 6.16. The molecule has 0 spiro atoms. The minimum atomic E-state index is 0.816. The minimum absolute atomic E-state index is 0.816. The van der Waals surface area contributed by atoms with E-state index in [0.29, 0.717) is 0 Å². The maximum atomic E-state index is 5.83. The monoisotopic (exact) mass is 270 g/mol. The second-order valence-corrected chi connectivity index (χ2v) is 4.80. The molecule has 0 radical (unpaired) electrons. The molecule has 3 heteroatoms. The number of unbranched alkanes of at least 4 members (excludes halogenated alkanes) is 1. The first-order valence-electron chi connectivity index (χ1n) is 5.36. The Morgan fingerprint density at radius 1 is 1.40 bits per heavy atom. The van der Waals surface area contributed by atoms with E-state index in [1.165, 1.54) is 18.4 Å². The molecular weight excluding hydrogens is 252 g/mol. The summed E-state index contributed by atoms with van der Waals surface area (Å²) in [7, 11) is 2.15. The van der Waals surface area contributed by atoms with Crippen molar-refractivity contribution >= 4 is 21.6 Å². The van der Waals surface area contributed by atoms with Crippen LogP contribution in [0.15, 0.2) is 22.7 Å². The molecule has 2 nitrogen and oxygen atoms in total. The van der Waals surface area contributed by atoms with E-state index in [4.69, 9.17) is 5.73 Å². The lowest BCUT2D eigenvalue weighted by molar-refractivity contribution is 0.321. The van der Waals surface area contributed by atoms with Crippen LogP contribution in [0.2, 0.25) is 0 Å². The Kier molecular flexibility index (Phi) is 5.12. The highest BCUT2D eigenvalue weighted by Crippen LogP contribution is 2.20. The van der Waals surface area contributed by atoms with Crippen LogP contribution in [-0.4, -0.2) is 18.5 Å². The first kappa shape index (κ1) is 12.5. The highest BCUT2D eigenvalue weighted by Gasteiger charge is 2.01. The summed E-state index contributed by atoms with van der Waals surface area (Å²) in [5.74, 6) is 0. The maximum Gasteiger partial charge on any atom is 0.0461 e. The molecule has 1 aromatic rings. The lowest BCUT2D eigenvalue weighted by Gasteiger charge is -2.16. The molecule has 0 aliphatic heterocycles. The lowest BCUT2D eigenvalue weighted by atomic mass is 10.2. The number of nitrogens with two attached hydrogens (primary N) is 1. The molecule has 15 heavy (non-hydrogen) atoms. The molecule has 1 rings (SSSR count). The van der Waals surface area contributed by atoms with Crippen molar-refractivity contribution in [2.24, 2.45) is 0 Å². The van der Waals surface area contributed by atoms with Crippen molar-refractivity contribution in [1.29, 1.82) is 0 Å². The molecule has 1 aromatic carbocycles. The van der Waals surface area contributed by atoms with Crippen molar-refractivity contribution in [3.8, 4) is 0 Å². The van der Waals surface area contributed by atoms with Crippen molar-refractivity contribution < 1.29 is 0 Å². The Labute approximate surface area is 101 Å². The van der Waals surface area contributed by atoms with Crippen LogP contribution < -0.4 is 5.73 Å². The van der Waals surface area contributed by atoms with Crippen molar-refractivity contribution in [2.75, 3.05) is 19.3 Å². The molecule has 0 bridgehead atoms. The number of nitrogens with zero attached hydrogens (tertiary/aromatic N) is 1. The van der Waals surface area contributed by atoms with Crippen molar-refractivity contribution in [1.82, 2.24) is 4.90 Å². The standard InChI is InChI=1S/C12H19BrN2/c1-3-4-7-15(2)9-10-5-6-11(13)12(14)8-10/h5-6,8H,3-4,7,9,14H2,1-2H3. The van der Waals surface area contributed by atoms with Gasteiger partial charge in [0.15, 0.2) is 0 Å². The second-order valence-electron chi connectivity index (χ2n) is 3.95. The fraction of sp³-hybridized carbons (Fsp3) is 0.500. The van der Waals surface area contributed by atoms with Crippen LogP contribution in [0.5, 0.6) is 0 Å². The molecule has 2 N–H and O–H groups in total. The number of halogens is 1. The van der Waals surface area contributed by atoms with Gasteiger partial charge in [-0.3, -0.25) is 0 Å². The highest BCUT2D eigenvalue weighted by atomic mass is 79.9. The van der Waals surface area contributed by atoms with Crippen LogP contribution in [0.3, 0.4) is 0 Å². The fourth-order valence-electron chi connectivity index (χ4n) is 1.51. The summed E-state index contributed by atoms with van der Waals surface area (Å²) in [6.45, 7) is 4.33. The normalized spacial score (nSPS) is 10.9. The summed E-state index contributed by atoms with van der Waals surface area (Å²) in [4.78, 5) is 2.33. The van der Waals surface area contributed by atoms with Crippen LogP contribution in [0, 0.1) is 0 Å². The van der Waals surface area contributed by atoms with Crippen LogP contribution in [-0.2, 0) is 6.54 Å². The van der Waals surface area contributed by atoms with E-state index in [1.54, 1.807) is 0 Å². The zero-order valence-electron chi connectivity index (χ0n) is 9.46. The van der Waals surface area contributed by atoms with Gasteiger partial charge >= 0.3 is 0 Å². The smallest absolute Gasteiger partial charge is 0.0461 e. The zero-order valence-corrected chi connectivity index (χ0v) is 11.0. The lowest BCUT2D eigenvalue weighted by Crippen LogP contribution is -2.18. The molecule has 84 valence electrons. The minimum Gasteiger partial charge on any atom is -0.398 e. The molecule has 0 aliphatic rings. The SMILES string of the molecule is CCCCN(C)Cc1ccc(Br)c(N)c1. The summed E-state index contributed by atoms with van der Waals surface area (Å²) in [5.41, 5.74) is 7.92. The number of hydrogen-bond acceptors (Lipinski definition) is 2. The molecule has 0 saturated carbocycles. The Balaban J connectivity index is 2.53. The van der Waals surface area contributed by atoms with E-state index in [2.05, 4.69) is 40.9 Å². The molecule has 0 atom stereocenters. The van der Waals surface area contributed by atoms with Crippen LogP contribution in [0.4, 0.5) is 5.69 Å². The molecular formula is C12H19BrN2. The zero-order chi connectivity index (χ0) is 11.3. The summed E-state index contributed by atoms with van der Waals surface area (Å²) >= 11 is 3.40. The van der Waals surface area contributed by atoms with Gasteiger partial charge in [0.1, 0.15) is 0 Å². The van der Waals surface area contributed by atoms with E-state index >= 15 is 0 Å². The van der Waals surface area contributed by atoms with E-state index < -0.39 is 0 Å². The Morgan fingerprint density at radius 2 is 2.13 bits per heavy atom. The van der Waals surface area contributed by atoms with Gasteiger partial charge in [-0.05, 0) is 53.6 Å². The van der Waals surface area contributed by atoms with Crippen LogP contribution >= 0.6 is 15.9 Å². The van der Waals surface area contributed by atoms with E-state index in [1.807, 2.05) is 12.1 Å². The van der Waals surface area contributed by atoms with Crippen molar-refractivity contribution in [2.45, 2.75) is 26.3 Å². The van der Waals surface area contributed by atoms with Crippen LogP contribution in [0.1, 0.15) is 25.3 Å². The number of hydrogen-bond donors (Lipinski definition) is 1. The number of anilines is 1. The third kappa shape index (κ3) is 4.22. The Morgan fingerprint density at radius 3 is 2.73 bits per heavy atom. The predicted octanol–water partition coefficient (Wildman–Crippen LogP) is 3.26. The van der Waals surface area contributed by atoms with Crippen molar-refractivity contribution in [3.63, 3.8) is 0 Å². The number of rotatable bonds is 5. The Bertz CT molecular complexity index is 312. The number of nitrogen functional groups attached to an aromatic ring is 1. The third-order valence-corrected chi connectivity index (χ3v) is 3.13. The Hall–Kier alpha value is -0.540. The maximum absolute atomic E-state index is 5.83. The number of benzene rings is 1. The van der Waals surface area contributed by atoms with Gasteiger partial charge in [-0.1, -0.05) is 19.4 Å². The van der Waals surface area contributed by atoms with E-state index in [0.717, 1.165) is 23.2 Å². The first-order valence-corrected chi connectivity index (χ1v) is 6.15. The van der Waals surface area contributed by atoms with Gasteiger partial charge in [0.2, 0.25) is 0 Å². The first-order chi connectivity index (χ1) is 7.13. The molecule has 0 saturated heterocycles. The van der Waals surface area contributed by atoms with Gasteiger partial charge in [-0.25, -0.2) is 0 Å². The van der Waals surface area contributed by atoms with Gasteiger partial charge < -0.3 is 10.6 Å². The molecule has 0 unspecified atom stereocenters. The second kappa shape index (κ2) is 6.13. The van der Waals surface area contributed by atoms with Crippen LogP contribution in [0.25, 0.3) is 0 Å².